The first-order chi connectivity index (χ1) is 15.0. The summed E-state index contributed by atoms with van der Waals surface area (Å²) < 4.78 is 45.6. The normalized spacial score (nSPS) is 14.2. The van der Waals surface area contributed by atoms with Crippen LogP contribution in [0.2, 0.25) is 0 Å². The summed E-state index contributed by atoms with van der Waals surface area (Å²) in [5.41, 5.74) is 0.678. The smallest absolute Gasteiger partial charge is 0.338 e. The molecule has 158 valence electrons. The molecule has 0 atom stereocenters. The summed E-state index contributed by atoms with van der Waals surface area (Å²) in [4.78, 5) is 8.34. The molecule has 0 saturated heterocycles. The molecule has 0 aliphatic heterocycles. The molecule has 3 aromatic heterocycles. The largest absolute Gasteiger partial charge is 0.416 e. The second-order valence-corrected chi connectivity index (χ2v) is 7.96. The Bertz CT molecular complexity index is 1190. The molecule has 4 aromatic rings. The number of benzene rings is 1. The van der Waals surface area contributed by atoms with Crippen molar-refractivity contribution in [2.45, 2.75) is 36.0 Å². The van der Waals surface area contributed by atoms with E-state index in [1.165, 1.54) is 23.9 Å². The molecule has 0 spiro atoms. The minimum atomic E-state index is -4.38. The van der Waals surface area contributed by atoms with Crippen LogP contribution >= 0.6 is 11.8 Å². The van der Waals surface area contributed by atoms with Crippen LogP contribution in [-0.4, -0.2) is 29.9 Å². The fraction of sp³-hybridized carbons (Fsp3) is 0.250. The second kappa shape index (κ2) is 7.80. The number of pyridine rings is 1. The Morgan fingerprint density at radius 1 is 1.00 bits per heavy atom. The first-order valence-electron chi connectivity index (χ1n) is 9.47. The lowest BCUT2D eigenvalue weighted by molar-refractivity contribution is -0.137. The van der Waals surface area contributed by atoms with Gasteiger partial charge in [-0.25, -0.2) is 0 Å². The van der Waals surface area contributed by atoms with Crippen LogP contribution in [0.3, 0.4) is 0 Å². The van der Waals surface area contributed by atoms with Gasteiger partial charge in [0.1, 0.15) is 0 Å². The zero-order valence-corrected chi connectivity index (χ0v) is 16.8. The average Bonchev–Trinajstić information content (AvgIpc) is 3.34. The summed E-state index contributed by atoms with van der Waals surface area (Å²) >= 11 is 1.43. The number of nitrogens with zero attached hydrogens (tertiary/aromatic N) is 6. The maximum Gasteiger partial charge on any atom is 0.416 e. The molecule has 1 aromatic carbocycles. The molecular formula is C20H15F3N6OS. The fourth-order valence-corrected chi connectivity index (χ4v) is 3.94. The lowest BCUT2D eigenvalue weighted by Gasteiger charge is -2.07. The molecule has 1 aliphatic carbocycles. The van der Waals surface area contributed by atoms with Crippen molar-refractivity contribution >= 4 is 11.8 Å². The molecule has 5 rings (SSSR count). The summed E-state index contributed by atoms with van der Waals surface area (Å²) in [5, 5.41) is 13.3. The van der Waals surface area contributed by atoms with Crippen molar-refractivity contribution in [2.75, 3.05) is 0 Å². The molecule has 7 nitrogen and oxygen atoms in total. The van der Waals surface area contributed by atoms with Gasteiger partial charge >= 0.3 is 6.18 Å². The van der Waals surface area contributed by atoms with Crippen molar-refractivity contribution in [3.8, 4) is 22.8 Å². The van der Waals surface area contributed by atoms with Crippen molar-refractivity contribution in [3.63, 3.8) is 0 Å². The minimum Gasteiger partial charge on any atom is -0.338 e. The number of thioether (sulfide) groups is 1. The summed E-state index contributed by atoms with van der Waals surface area (Å²) in [7, 11) is 0. The zero-order chi connectivity index (χ0) is 21.4. The number of alkyl halides is 3. The van der Waals surface area contributed by atoms with Crippen LogP contribution in [0.15, 0.2) is 58.5 Å². The van der Waals surface area contributed by atoms with Crippen molar-refractivity contribution in [1.29, 1.82) is 0 Å². The van der Waals surface area contributed by atoms with Crippen molar-refractivity contribution in [3.05, 3.63) is 60.2 Å². The van der Waals surface area contributed by atoms with Crippen molar-refractivity contribution in [2.24, 2.45) is 0 Å². The third-order valence-electron chi connectivity index (χ3n) is 4.78. The Labute approximate surface area is 178 Å². The quantitative estimate of drug-likeness (QED) is 0.386. The first kappa shape index (κ1) is 19.7. The Kier molecular flexibility index (Phi) is 4.97. The van der Waals surface area contributed by atoms with Crippen LogP contribution < -0.4 is 0 Å². The maximum absolute atomic E-state index is 12.7. The van der Waals surface area contributed by atoms with Crippen molar-refractivity contribution in [1.82, 2.24) is 29.9 Å². The van der Waals surface area contributed by atoms with E-state index in [9.17, 15) is 13.2 Å². The zero-order valence-electron chi connectivity index (χ0n) is 16.0. The van der Waals surface area contributed by atoms with Gasteiger partial charge in [0, 0.05) is 29.6 Å². The molecule has 0 radical (unpaired) electrons. The van der Waals surface area contributed by atoms with Crippen LogP contribution in [0.25, 0.3) is 22.8 Å². The lowest BCUT2D eigenvalue weighted by Crippen LogP contribution is -2.04. The summed E-state index contributed by atoms with van der Waals surface area (Å²) in [5.74, 6) is 1.76. The fourth-order valence-electron chi connectivity index (χ4n) is 3.10. The standard InChI is InChI=1S/C20H15F3N6OS/c21-20(22,23)14-3-1-12(2-4-14)17-25-16(30-28-17)11-31-19-27-26-18(29(19)15-5-6-15)13-7-9-24-10-8-13/h1-4,7-10,15H,5-6,11H2. The number of halogens is 3. The monoisotopic (exact) mass is 444 g/mol. The first-order valence-corrected chi connectivity index (χ1v) is 10.5. The van der Waals surface area contributed by atoms with Crippen LogP contribution in [0, 0.1) is 0 Å². The van der Waals surface area contributed by atoms with Crippen LogP contribution in [0.5, 0.6) is 0 Å². The Morgan fingerprint density at radius 3 is 2.42 bits per heavy atom. The highest BCUT2D eigenvalue weighted by molar-refractivity contribution is 7.98. The molecule has 0 bridgehead atoms. The van der Waals surface area contributed by atoms with E-state index in [4.69, 9.17) is 4.52 Å². The van der Waals surface area contributed by atoms with E-state index in [2.05, 4.69) is 29.9 Å². The molecule has 0 amide bonds. The predicted molar refractivity (Wildman–Crippen MR) is 106 cm³/mol. The van der Waals surface area contributed by atoms with E-state index in [0.717, 1.165) is 41.5 Å². The molecule has 1 saturated carbocycles. The molecule has 0 N–H and O–H groups in total. The van der Waals surface area contributed by atoms with Crippen LogP contribution in [-0.2, 0) is 11.9 Å². The summed E-state index contributed by atoms with van der Waals surface area (Å²) in [6.07, 6.45) is 1.19. The van der Waals surface area contributed by atoms with E-state index in [-0.39, 0.29) is 5.82 Å². The number of hydrogen-bond acceptors (Lipinski definition) is 7. The van der Waals surface area contributed by atoms with Crippen LogP contribution in [0.1, 0.15) is 30.3 Å². The molecule has 3 heterocycles. The molecule has 1 fully saturated rings. The van der Waals surface area contributed by atoms with Crippen molar-refractivity contribution < 1.29 is 17.7 Å². The second-order valence-electron chi connectivity index (χ2n) is 7.02. The van der Waals surface area contributed by atoms with Gasteiger partial charge < -0.3 is 4.52 Å². The molecule has 31 heavy (non-hydrogen) atoms. The third kappa shape index (κ3) is 4.18. The van der Waals surface area contributed by atoms with Crippen LogP contribution in [0.4, 0.5) is 13.2 Å². The summed E-state index contributed by atoms with van der Waals surface area (Å²) in [6.45, 7) is 0. The molecule has 1 aliphatic rings. The third-order valence-corrected chi connectivity index (χ3v) is 5.71. The molecule has 11 heteroatoms. The van der Waals surface area contributed by atoms with E-state index < -0.39 is 11.7 Å². The van der Waals surface area contributed by atoms with Gasteiger partial charge in [0.25, 0.3) is 0 Å². The summed E-state index contributed by atoms with van der Waals surface area (Å²) in [6, 6.07) is 8.81. The SMILES string of the molecule is FC(F)(F)c1ccc(-c2noc(CSc3nnc(-c4ccncc4)n3C3CC3)n2)cc1. The number of aromatic nitrogens is 6. The number of hydrogen-bond donors (Lipinski definition) is 0. The number of rotatable bonds is 6. The van der Waals surface area contributed by atoms with Gasteiger partial charge in [-0.15, -0.1) is 10.2 Å². The highest BCUT2D eigenvalue weighted by atomic mass is 32.2. The molecule has 0 unspecified atom stereocenters. The average molecular weight is 444 g/mol. The van der Waals surface area contributed by atoms with Gasteiger partial charge in [0.15, 0.2) is 11.0 Å². The molecular weight excluding hydrogens is 429 g/mol. The van der Waals surface area contributed by atoms with Gasteiger partial charge in [-0.2, -0.15) is 18.2 Å². The Balaban J connectivity index is 1.32. The van der Waals surface area contributed by atoms with E-state index in [1.807, 2.05) is 12.1 Å². The van der Waals surface area contributed by atoms with Gasteiger partial charge in [0.05, 0.1) is 11.3 Å². The van der Waals surface area contributed by atoms with E-state index in [0.29, 0.717) is 23.2 Å². The van der Waals surface area contributed by atoms with Gasteiger partial charge in [-0.1, -0.05) is 29.1 Å². The Hall–Kier alpha value is -3.21. The topological polar surface area (TPSA) is 82.5 Å². The Morgan fingerprint density at radius 2 is 1.74 bits per heavy atom. The maximum atomic E-state index is 12.7. The highest BCUT2D eigenvalue weighted by Crippen LogP contribution is 2.41. The lowest BCUT2D eigenvalue weighted by atomic mass is 10.1. The minimum absolute atomic E-state index is 0.241. The van der Waals surface area contributed by atoms with E-state index in [1.54, 1.807) is 12.4 Å². The predicted octanol–water partition coefficient (Wildman–Crippen LogP) is 5.04. The van der Waals surface area contributed by atoms with Gasteiger partial charge in [-0.3, -0.25) is 9.55 Å². The van der Waals surface area contributed by atoms with E-state index >= 15 is 0 Å². The highest BCUT2D eigenvalue weighted by Gasteiger charge is 2.31. The van der Waals surface area contributed by atoms with Gasteiger partial charge in [0.2, 0.25) is 11.7 Å². The van der Waals surface area contributed by atoms with Gasteiger partial charge in [-0.05, 0) is 37.1 Å².